The Kier molecular flexibility index (Phi) is 3.17. The molecule has 0 saturated carbocycles. The number of aromatic nitrogens is 4. The number of fused-ring (bicyclic) bond motifs is 1. The molecule has 0 aromatic carbocycles. The first-order valence-electron chi connectivity index (χ1n) is 7.83. The van der Waals surface area contributed by atoms with Crippen LogP contribution in [0.25, 0.3) is 0 Å². The van der Waals surface area contributed by atoms with E-state index in [1.54, 1.807) is 23.1 Å². The molecule has 2 aromatic rings. The van der Waals surface area contributed by atoms with E-state index in [0.29, 0.717) is 12.5 Å². The van der Waals surface area contributed by atoms with E-state index in [9.17, 15) is 4.79 Å². The fourth-order valence-electron chi connectivity index (χ4n) is 3.38. The Labute approximate surface area is 128 Å². The number of aryl methyl sites for hydroxylation is 3. The molecule has 2 aromatic heterocycles. The van der Waals surface area contributed by atoms with E-state index in [1.807, 2.05) is 6.92 Å². The van der Waals surface area contributed by atoms with Gasteiger partial charge in [0.2, 0.25) is 0 Å². The zero-order valence-corrected chi connectivity index (χ0v) is 12.7. The predicted molar refractivity (Wildman–Crippen MR) is 83.0 cm³/mol. The molecule has 0 atom stereocenters. The minimum atomic E-state index is 0.0368. The summed E-state index contributed by atoms with van der Waals surface area (Å²) in [6, 6.07) is 1.78. The molecule has 4 rings (SSSR count). The van der Waals surface area contributed by atoms with E-state index in [2.05, 4.69) is 20.0 Å². The molecule has 114 valence electrons. The standard InChI is InChI=1S/C16H19N5O/c1-11-16(18-6-5-17-11)20-8-12(9-20)10-21-15(22)7-13-3-2-4-14(13)19-21/h5-7,12H,2-4,8-10H2,1H3. The summed E-state index contributed by atoms with van der Waals surface area (Å²) in [7, 11) is 0. The summed E-state index contributed by atoms with van der Waals surface area (Å²) >= 11 is 0. The number of hydrogen-bond donors (Lipinski definition) is 0. The van der Waals surface area contributed by atoms with Crippen molar-refractivity contribution in [2.24, 2.45) is 5.92 Å². The van der Waals surface area contributed by atoms with Crippen LogP contribution in [0.2, 0.25) is 0 Å². The lowest BCUT2D eigenvalue weighted by atomic mass is 10.00. The smallest absolute Gasteiger partial charge is 0.267 e. The molecule has 2 aliphatic rings. The third-order valence-corrected chi connectivity index (χ3v) is 4.57. The Morgan fingerprint density at radius 2 is 2.05 bits per heavy atom. The van der Waals surface area contributed by atoms with Gasteiger partial charge in [-0.05, 0) is 31.7 Å². The van der Waals surface area contributed by atoms with Gasteiger partial charge in [0, 0.05) is 37.5 Å². The fraction of sp³-hybridized carbons (Fsp3) is 0.500. The maximum atomic E-state index is 12.1. The lowest BCUT2D eigenvalue weighted by Gasteiger charge is -2.40. The Morgan fingerprint density at radius 1 is 1.23 bits per heavy atom. The Balaban J connectivity index is 1.45. The molecule has 0 spiro atoms. The third-order valence-electron chi connectivity index (χ3n) is 4.57. The van der Waals surface area contributed by atoms with Crippen molar-refractivity contribution in [1.82, 2.24) is 19.7 Å². The van der Waals surface area contributed by atoms with Gasteiger partial charge in [0.1, 0.15) is 5.82 Å². The van der Waals surface area contributed by atoms with E-state index in [4.69, 9.17) is 0 Å². The third kappa shape index (κ3) is 2.28. The van der Waals surface area contributed by atoms with E-state index >= 15 is 0 Å². The second kappa shape index (κ2) is 5.19. The van der Waals surface area contributed by atoms with Crippen LogP contribution in [0.15, 0.2) is 23.3 Å². The zero-order valence-electron chi connectivity index (χ0n) is 12.7. The predicted octanol–water partition coefficient (Wildman–Crippen LogP) is 0.967. The van der Waals surface area contributed by atoms with Gasteiger partial charge in [0.05, 0.1) is 17.9 Å². The Bertz CT molecular complexity index is 763. The van der Waals surface area contributed by atoms with Gasteiger partial charge in [-0.1, -0.05) is 0 Å². The minimum Gasteiger partial charge on any atom is -0.354 e. The number of nitrogens with zero attached hydrogens (tertiary/aromatic N) is 5. The summed E-state index contributed by atoms with van der Waals surface area (Å²) in [5, 5.41) is 4.55. The number of hydrogen-bond acceptors (Lipinski definition) is 5. The van der Waals surface area contributed by atoms with Gasteiger partial charge in [0.25, 0.3) is 5.56 Å². The SMILES string of the molecule is Cc1nccnc1N1CC(Cn2nc3c(cc2=O)CCC3)C1. The first kappa shape index (κ1) is 13.4. The summed E-state index contributed by atoms with van der Waals surface area (Å²) in [6.07, 6.45) is 6.56. The first-order valence-corrected chi connectivity index (χ1v) is 7.83. The van der Waals surface area contributed by atoms with E-state index in [-0.39, 0.29) is 5.56 Å². The number of anilines is 1. The highest BCUT2D eigenvalue weighted by Crippen LogP contribution is 2.25. The van der Waals surface area contributed by atoms with Gasteiger partial charge in [-0.15, -0.1) is 0 Å². The van der Waals surface area contributed by atoms with Crippen LogP contribution in [0.3, 0.4) is 0 Å². The highest BCUT2D eigenvalue weighted by molar-refractivity contribution is 5.44. The van der Waals surface area contributed by atoms with Crippen LogP contribution >= 0.6 is 0 Å². The van der Waals surface area contributed by atoms with Crippen molar-refractivity contribution in [3.05, 3.63) is 45.8 Å². The van der Waals surface area contributed by atoms with Gasteiger partial charge in [-0.25, -0.2) is 9.67 Å². The maximum absolute atomic E-state index is 12.1. The van der Waals surface area contributed by atoms with Crippen LogP contribution in [0.1, 0.15) is 23.4 Å². The highest BCUT2D eigenvalue weighted by Gasteiger charge is 2.30. The van der Waals surface area contributed by atoms with Crippen molar-refractivity contribution < 1.29 is 0 Å². The van der Waals surface area contributed by atoms with Gasteiger partial charge >= 0.3 is 0 Å². The Hall–Kier alpha value is -2.24. The average Bonchev–Trinajstić information content (AvgIpc) is 2.90. The van der Waals surface area contributed by atoms with Crippen molar-refractivity contribution in [3.63, 3.8) is 0 Å². The molecule has 1 aliphatic carbocycles. The van der Waals surface area contributed by atoms with Crippen LogP contribution < -0.4 is 10.5 Å². The summed E-state index contributed by atoms with van der Waals surface area (Å²) in [4.78, 5) is 23.0. The molecule has 0 N–H and O–H groups in total. The molecule has 22 heavy (non-hydrogen) atoms. The van der Waals surface area contributed by atoms with E-state index in [0.717, 1.165) is 55.1 Å². The molecule has 1 aliphatic heterocycles. The van der Waals surface area contributed by atoms with Gasteiger partial charge in [-0.2, -0.15) is 5.10 Å². The molecule has 0 radical (unpaired) electrons. The molecular weight excluding hydrogens is 278 g/mol. The topological polar surface area (TPSA) is 63.9 Å². The summed E-state index contributed by atoms with van der Waals surface area (Å²) < 4.78 is 1.65. The van der Waals surface area contributed by atoms with Crippen LogP contribution in [0.5, 0.6) is 0 Å². The normalized spacial score (nSPS) is 17.4. The second-order valence-electron chi connectivity index (χ2n) is 6.23. The van der Waals surface area contributed by atoms with Gasteiger partial charge < -0.3 is 4.90 Å². The monoisotopic (exact) mass is 297 g/mol. The van der Waals surface area contributed by atoms with Crippen molar-refractivity contribution in [2.75, 3.05) is 18.0 Å². The number of rotatable bonds is 3. The molecule has 1 saturated heterocycles. The minimum absolute atomic E-state index is 0.0368. The van der Waals surface area contributed by atoms with Crippen LogP contribution in [0, 0.1) is 12.8 Å². The van der Waals surface area contributed by atoms with Gasteiger partial charge in [0.15, 0.2) is 0 Å². The van der Waals surface area contributed by atoms with Crippen molar-refractivity contribution >= 4 is 5.82 Å². The molecule has 1 fully saturated rings. The molecule has 3 heterocycles. The molecular formula is C16H19N5O. The molecule has 6 heteroatoms. The summed E-state index contributed by atoms with van der Waals surface area (Å²) in [5.41, 5.74) is 3.25. The van der Waals surface area contributed by atoms with Crippen LogP contribution in [-0.4, -0.2) is 32.8 Å². The van der Waals surface area contributed by atoms with Gasteiger partial charge in [-0.3, -0.25) is 9.78 Å². The van der Waals surface area contributed by atoms with Crippen molar-refractivity contribution in [3.8, 4) is 0 Å². The lowest BCUT2D eigenvalue weighted by Crippen LogP contribution is -2.50. The zero-order chi connectivity index (χ0) is 15.1. The maximum Gasteiger partial charge on any atom is 0.267 e. The first-order chi connectivity index (χ1) is 10.7. The van der Waals surface area contributed by atoms with Crippen LogP contribution in [0.4, 0.5) is 5.82 Å². The quantitative estimate of drug-likeness (QED) is 0.844. The lowest BCUT2D eigenvalue weighted by molar-refractivity contribution is 0.331. The van der Waals surface area contributed by atoms with E-state index < -0.39 is 0 Å². The molecule has 0 bridgehead atoms. The highest BCUT2D eigenvalue weighted by atomic mass is 16.1. The van der Waals surface area contributed by atoms with E-state index in [1.165, 1.54) is 0 Å². The van der Waals surface area contributed by atoms with Crippen molar-refractivity contribution in [2.45, 2.75) is 32.7 Å². The van der Waals surface area contributed by atoms with Crippen LogP contribution in [-0.2, 0) is 19.4 Å². The fourth-order valence-corrected chi connectivity index (χ4v) is 3.38. The molecule has 6 nitrogen and oxygen atoms in total. The Morgan fingerprint density at radius 3 is 2.86 bits per heavy atom. The van der Waals surface area contributed by atoms with Crippen molar-refractivity contribution in [1.29, 1.82) is 0 Å². The average molecular weight is 297 g/mol. The molecule has 0 unspecified atom stereocenters. The second-order valence-corrected chi connectivity index (χ2v) is 6.23. The largest absolute Gasteiger partial charge is 0.354 e. The molecule has 0 amide bonds. The summed E-state index contributed by atoms with van der Waals surface area (Å²) in [6.45, 7) is 4.49. The summed E-state index contributed by atoms with van der Waals surface area (Å²) in [5.74, 6) is 1.40.